The summed E-state index contributed by atoms with van der Waals surface area (Å²) in [6, 6.07) is 25.3. The van der Waals surface area contributed by atoms with Crippen LogP contribution in [0.25, 0.3) is 0 Å². The van der Waals surface area contributed by atoms with E-state index < -0.39 is 17.1 Å². The van der Waals surface area contributed by atoms with Gasteiger partial charge in [-0.2, -0.15) is 5.26 Å². The summed E-state index contributed by atoms with van der Waals surface area (Å²) in [7, 11) is 0. The average molecular weight is 629 g/mol. The lowest BCUT2D eigenvalue weighted by atomic mass is 10.1. The molecular formula is C32H25ClN4O4S2. The van der Waals surface area contributed by atoms with E-state index in [1.807, 2.05) is 30.3 Å². The summed E-state index contributed by atoms with van der Waals surface area (Å²) in [6.07, 6.45) is 2.60. The summed E-state index contributed by atoms with van der Waals surface area (Å²) < 4.78 is 5.04. The summed E-state index contributed by atoms with van der Waals surface area (Å²) in [6.45, 7) is 2.02. The molecule has 0 bridgehead atoms. The Kier molecular flexibility index (Phi) is 9.57. The van der Waals surface area contributed by atoms with Crippen molar-refractivity contribution < 1.29 is 19.1 Å². The summed E-state index contributed by atoms with van der Waals surface area (Å²) in [4.78, 5) is 45.8. The third kappa shape index (κ3) is 7.14. The van der Waals surface area contributed by atoms with Gasteiger partial charge in [0.15, 0.2) is 5.13 Å². The van der Waals surface area contributed by atoms with Crippen LogP contribution < -0.4 is 10.2 Å². The Morgan fingerprint density at radius 3 is 2.53 bits per heavy atom. The number of hydrogen-bond donors (Lipinski definition) is 1. The van der Waals surface area contributed by atoms with Crippen molar-refractivity contribution in [1.82, 2.24) is 4.98 Å². The van der Waals surface area contributed by atoms with E-state index in [1.54, 1.807) is 67.7 Å². The van der Waals surface area contributed by atoms with Crippen molar-refractivity contribution in [2.75, 3.05) is 16.8 Å². The highest BCUT2D eigenvalue weighted by Gasteiger charge is 2.41. The highest BCUT2D eigenvalue weighted by molar-refractivity contribution is 8.05. The number of benzene rings is 3. The first-order chi connectivity index (χ1) is 20.9. The normalized spacial score (nSPS) is 15.6. The van der Waals surface area contributed by atoms with E-state index in [-0.39, 0.29) is 23.1 Å². The van der Waals surface area contributed by atoms with Crippen LogP contribution in [0.5, 0.6) is 0 Å². The fourth-order valence-corrected chi connectivity index (χ4v) is 6.82. The Bertz CT molecular complexity index is 1730. The molecule has 11 heteroatoms. The molecule has 0 aliphatic carbocycles. The van der Waals surface area contributed by atoms with Crippen LogP contribution in [-0.2, 0) is 27.2 Å². The number of hydrogen-bond acceptors (Lipinski definition) is 8. The van der Waals surface area contributed by atoms with Gasteiger partial charge in [-0.15, -0.1) is 11.3 Å². The van der Waals surface area contributed by atoms with E-state index in [0.717, 1.165) is 16.0 Å². The lowest BCUT2D eigenvalue weighted by Gasteiger charge is -2.18. The molecule has 4 aromatic rings. The Morgan fingerprint density at radius 1 is 1.07 bits per heavy atom. The number of amides is 2. The van der Waals surface area contributed by atoms with Gasteiger partial charge in [-0.3, -0.25) is 19.8 Å². The topological polar surface area (TPSA) is 112 Å². The number of esters is 1. The van der Waals surface area contributed by atoms with Gasteiger partial charge in [0.25, 0.3) is 5.91 Å². The van der Waals surface area contributed by atoms with E-state index in [0.29, 0.717) is 34.2 Å². The first-order valence-corrected chi connectivity index (χ1v) is 15.4. The lowest BCUT2D eigenvalue weighted by Crippen LogP contribution is -2.30. The first-order valence-electron chi connectivity index (χ1n) is 13.3. The van der Waals surface area contributed by atoms with Gasteiger partial charge in [0.2, 0.25) is 5.91 Å². The predicted octanol–water partition coefficient (Wildman–Crippen LogP) is 6.63. The van der Waals surface area contributed by atoms with Gasteiger partial charge in [-0.25, -0.2) is 9.78 Å². The van der Waals surface area contributed by atoms with Crippen molar-refractivity contribution in [1.29, 1.82) is 5.26 Å². The monoisotopic (exact) mass is 628 g/mol. The molecule has 1 atom stereocenters. The van der Waals surface area contributed by atoms with Crippen LogP contribution in [0.3, 0.4) is 0 Å². The molecule has 1 aliphatic rings. The van der Waals surface area contributed by atoms with Crippen molar-refractivity contribution in [3.63, 3.8) is 0 Å². The second-order valence-corrected chi connectivity index (χ2v) is 12.2. The van der Waals surface area contributed by atoms with Crippen molar-refractivity contribution in [2.45, 2.75) is 25.0 Å². The van der Waals surface area contributed by atoms with E-state index in [2.05, 4.69) is 10.3 Å². The van der Waals surface area contributed by atoms with Crippen LogP contribution in [-0.4, -0.2) is 34.6 Å². The number of rotatable bonds is 9. The molecule has 1 aliphatic heterocycles. The maximum Gasteiger partial charge on any atom is 0.338 e. The van der Waals surface area contributed by atoms with E-state index >= 15 is 0 Å². The number of anilines is 2. The fraction of sp³-hybridized carbons (Fsp3) is 0.156. The minimum atomic E-state index is -0.651. The van der Waals surface area contributed by atoms with Crippen molar-refractivity contribution >= 4 is 63.3 Å². The molecule has 0 spiro atoms. The first kappa shape index (κ1) is 30.0. The number of ether oxygens (including phenoxy) is 1. The maximum atomic E-state index is 13.7. The highest BCUT2D eigenvalue weighted by atomic mass is 35.5. The summed E-state index contributed by atoms with van der Waals surface area (Å²) in [5.74, 6) is -1.32. The summed E-state index contributed by atoms with van der Waals surface area (Å²) >= 11 is 8.56. The molecule has 0 radical (unpaired) electrons. The molecule has 0 saturated carbocycles. The smallest absolute Gasteiger partial charge is 0.338 e. The lowest BCUT2D eigenvalue weighted by molar-refractivity contribution is -0.117. The molecule has 2 amide bonds. The van der Waals surface area contributed by atoms with Crippen LogP contribution in [0, 0.1) is 11.3 Å². The molecule has 5 rings (SSSR count). The molecule has 1 fully saturated rings. The van der Waals surface area contributed by atoms with Crippen LogP contribution in [0.2, 0.25) is 5.02 Å². The number of nitriles is 1. The predicted molar refractivity (Wildman–Crippen MR) is 169 cm³/mol. The Morgan fingerprint density at radius 2 is 1.84 bits per heavy atom. The van der Waals surface area contributed by atoms with Gasteiger partial charge in [0, 0.05) is 28.2 Å². The van der Waals surface area contributed by atoms with E-state index in [1.165, 1.54) is 28.0 Å². The van der Waals surface area contributed by atoms with Crippen molar-refractivity contribution in [2.24, 2.45) is 0 Å². The number of carbonyl (C=O) groups excluding carboxylic acids is 3. The zero-order valence-corrected chi connectivity index (χ0v) is 25.3. The molecule has 43 heavy (non-hydrogen) atoms. The number of thioether (sulfide) groups is 1. The second kappa shape index (κ2) is 13.7. The minimum Gasteiger partial charge on any atom is -0.462 e. The largest absolute Gasteiger partial charge is 0.462 e. The van der Waals surface area contributed by atoms with E-state index in [4.69, 9.17) is 16.3 Å². The summed E-state index contributed by atoms with van der Waals surface area (Å²) in [5, 5.41) is 13.5. The summed E-state index contributed by atoms with van der Waals surface area (Å²) in [5.41, 5.74) is 2.62. The molecule has 2 heterocycles. The second-order valence-electron chi connectivity index (χ2n) is 9.42. The van der Waals surface area contributed by atoms with Gasteiger partial charge < -0.3 is 4.74 Å². The third-order valence-corrected chi connectivity index (χ3v) is 8.86. The standard InChI is InChI=1S/C32H25ClN4O4S2/c1-2-41-31(40)22-13-11-20(12-14-22)17-27-29(39)37(24-9-4-3-5-10-24)30(43-27)26(18-34)28(38)36-32-35-19-25(42-32)16-21-7-6-8-23(33)15-21/h3-15,19,27H,2,16-17H2,1H3,(H,35,36,38)/b30-26-/t27-/m0/s1. The molecule has 1 aromatic heterocycles. The Labute approximate surface area is 262 Å². The number of thiazole rings is 1. The maximum absolute atomic E-state index is 13.7. The molecular weight excluding hydrogens is 604 g/mol. The van der Waals surface area contributed by atoms with Crippen LogP contribution >= 0.6 is 34.7 Å². The van der Waals surface area contributed by atoms with Crippen molar-refractivity contribution in [3.05, 3.63) is 122 Å². The SMILES string of the molecule is CCOC(=O)c1ccc(C[C@@H]2S/C(=C(/C#N)C(=O)Nc3ncc(Cc4cccc(Cl)c4)s3)N(c3ccccc3)C2=O)cc1. The Hall–Kier alpha value is -4.43. The molecule has 8 nitrogen and oxygen atoms in total. The molecule has 1 saturated heterocycles. The third-order valence-electron chi connectivity index (χ3n) is 6.45. The van der Waals surface area contributed by atoms with Gasteiger partial charge >= 0.3 is 5.97 Å². The molecule has 0 unspecified atom stereocenters. The van der Waals surface area contributed by atoms with Gasteiger partial charge in [-0.05, 0) is 60.9 Å². The van der Waals surface area contributed by atoms with Crippen LogP contribution in [0.15, 0.2) is 95.7 Å². The number of para-hydroxylation sites is 1. The highest BCUT2D eigenvalue weighted by Crippen LogP contribution is 2.42. The molecule has 216 valence electrons. The van der Waals surface area contributed by atoms with Crippen molar-refractivity contribution in [3.8, 4) is 6.07 Å². The number of halogens is 1. The van der Waals surface area contributed by atoms with E-state index in [9.17, 15) is 19.6 Å². The molecule has 1 N–H and O–H groups in total. The van der Waals surface area contributed by atoms with Gasteiger partial charge in [0.05, 0.1) is 17.4 Å². The zero-order chi connectivity index (χ0) is 30.3. The number of carbonyl (C=O) groups is 3. The quantitative estimate of drug-likeness (QED) is 0.126. The zero-order valence-electron chi connectivity index (χ0n) is 23.0. The average Bonchev–Trinajstić information content (AvgIpc) is 3.57. The van der Waals surface area contributed by atoms with Crippen LogP contribution in [0.4, 0.5) is 10.8 Å². The van der Waals surface area contributed by atoms with Gasteiger partial charge in [0.1, 0.15) is 16.7 Å². The minimum absolute atomic E-state index is 0.186. The number of nitrogens with zero attached hydrogens (tertiary/aromatic N) is 3. The number of nitrogens with one attached hydrogen (secondary N) is 1. The fourth-order valence-electron chi connectivity index (χ4n) is 4.46. The Balaban J connectivity index is 1.38. The molecule has 3 aromatic carbocycles. The van der Waals surface area contributed by atoms with Crippen LogP contribution in [0.1, 0.15) is 33.3 Å². The number of aromatic nitrogens is 1. The van der Waals surface area contributed by atoms with Gasteiger partial charge in [-0.1, -0.05) is 65.8 Å².